The van der Waals surface area contributed by atoms with Gasteiger partial charge < -0.3 is 10.2 Å². The number of rotatable bonds is 5. The third-order valence-electron chi connectivity index (χ3n) is 5.44. The van der Waals surface area contributed by atoms with Crippen LogP contribution >= 0.6 is 11.3 Å². The van der Waals surface area contributed by atoms with E-state index in [1.807, 2.05) is 24.4 Å². The molecule has 0 radical (unpaired) electrons. The van der Waals surface area contributed by atoms with Gasteiger partial charge in [-0.15, -0.1) is 11.3 Å². The van der Waals surface area contributed by atoms with Crippen molar-refractivity contribution in [2.45, 2.75) is 32.9 Å². The van der Waals surface area contributed by atoms with Crippen LogP contribution < -0.4 is 5.32 Å². The van der Waals surface area contributed by atoms with E-state index in [1.54, 1.807) is 17.5 Å². The molecule has 0 saturated heterocycles. The van der Waals surface area contributed by atoms with Crippen molar-refractivity contribution < 1.29 is 18.4 Å². The highest BCUT2D eigenvalue weighted by Gasteiger charge is 2.27. The minimum Gasteiger partial charge on any atom is -0.352 e. The summed E-state index contributed by atoms with van der Waals surface area (Å²) >= 11 is 1.54. The summed E-state index contributed by atoms with van der Waals surface area (Å²) in [6, 6.07) is 7.44. The molecule has 4 rings (SSSR count). The molecule has 1 aromatic carbocycles. The van der Waals surface area contributed by atoms with Crippen LogP contribution in [0.4, 0.5) is 8.78 Å². The summed E-state index contributed by atoms with van der Waals surface area (Å²) in [7, 11) is 0. The van der Waals surface area contributed by atoms with Gasteiger partial charge in [-0.05, 0) is 53.6 Å². The first kappa shape index (κ1) is 21.1. The second-order valence-electron chi connectivity index (χ2n) is 7.44. The SMILES string of the molecule is Cc1ncc2c(c1CNC(=O)Cc1cccs1)CCN(C(=O)c1cccc(F)c1F)C2. The van der Waals surface area contributed by atoms with E-state index in [1.165, 1.54) is 17.0 Å². The number of aromatic nitrogens is 1. The predicted molar refractivity (Wildman–Crippen MR) is 114 cm³/mol. The first-order valence-corrected chi connectivity index (χ1v) is 10.8. The molecule has 2 amide bonds. The van der Waals surface area contributed by atoms with Gasteiger partial charge in [-0.2, -0.15) is 0 Å². The standard InChI is InChI=1S/C23H21F2N3O2S/c1-14-19(12-27-21(29)10-16-4-3-9-31-16)17-7-8-28(13-15(17)11-26-14)23(30)18-5-2-6-20(24)22(18)25/h2-6,9,11H,7-8,10,12-13H2,1H3,(H,27,29). The van der Waals surface area contributed by atoms with E-state index >= 15 is 0 Å². The minimum absolute atomic E-state index is 0.0614. The van der Waals surface area contributed by atoms with Crippen molar-refractivity contribution in [1.82, 2.24) is 15.2 Å². The molecule has 0 fully saturated rings. The lowest BCUT2D eigenvalue weighted by molar-refractivity contribution is -0.120. The lowest BCUT2D eigenvalue weighted by Gasteiger charge is -2.30. The fourth-order valence-corrected chi connectivity index (χ4v) is 4.49. The number of amides is 2. The van der Waals surface area contributed by atoms with Crippen LogP contribution in [0.15, 0.2) is 41.9 Å². The Morgan fingerprint density at radius 1 is 1.23 bits per heavy atom. The van der Waals surface area contributed by atoms with Gasteiger partial charge in [0, 0.05) is 36.4 Å². The highest BCUT2D eigenvalue weighted by atomic mass is 32.1. The van der Waals surface area contributed by atoms with Crippen LogP contribution in [0, 0.1) is 18.6 Å². The van der Waals surface area contributed by atoms with Gasteiger partial charge in [0.25, 0.3) is 5.91 Å². The maximum absolute atomic E-state index is 14.1. The second-order valence-corrected chi connectivity index (χ2v) is 8.47. The fraction of sp³-hybridized carbons (Fsp3) is 0.261. The van der Waals surface area contributed by atoms with Crippen molar-refractivity contribution in [3.63, 3.8) is 0 Å². The highest BCUT2D eigenvalue weighted by Crippen LogP contribution is 2.26. The molecule has 0 saturated carbocycles. The van der Waals surface area contributed by atoms with Crippen molar-refractivity contribution >= 4 is 23.2 Å². The van der Waals surface area contributed by atoms with Gasteiger partial charge in [0.15, 0.2) is 11.6 Å². The molecular weight excluding hydrogens is 420 g/mol. The number of hydrogen-bond donors (Lipinski definition) is 1. The highest BCUT2D eigenvalue weighted by molar-refractivity contribution is 7.10. The Hall–Kier alpha value is -3.13. The number of benzene rings is 1. The Labute approximate surface area is 182 Å². The van der Waals surface area contributed by atoms with Crippen LogP contribution in [-0.4, -0.2) is 28.2 Å². The number of carbonyl (C=O) groups is 2. The summed E-state index contributed by atoms with van der Waals surface area (Å²) in [6.07, 6.45) is 2.60. The molecule has 1 N–H and O–H groups in total. The van der Waals surface area contributed by atoms with E-state index in [0.717, 1.165) is 33.3 Å². The normalized spacial score (nSPS) is 13.1. The maximum atomic E-state index is 14.1. The van der Waals surface area contributed by atoms with Gasteiger partial charge in [-0.1, -0.05) is 12.1 Å². The first-order valence-electron chi connectivity index (χ1n) is 9.92. The average Bonchev–Trinajstić information content (AvgIpc) is 3.27. The molecule has 31 heavy (non-hydrogen) atoms. The van der Waals surface area contributed by atoms with Gasteiger partial charge in [0.05, 0.1) is 12.0 Å². The fourth-order valence-electron chi connectivity index (χ4n) is 3.79. The summed E-state index contributed by atoms with van der Waals surface area (Å²) in [6.45, 7) is 2.88. The second kappa shape index (κ2) is 8.93. The third-order valence-corrected chi connectivity index (χ3v) is 6.32. The molecule has 0 unspecified atom stereocenters. The van der Waals surface area contributed by atoms with Crippen LogP contribution in [0.2, 0.25) is 0 Å². The van der Waals surface area contributed by atoms with Crippen LogP contribution in [0.3, 0.4) is 0 Å². The van der Waals surface area contributed by atoms with Crippen molar-refractivity contribution in [2.75, 3.05) is 6.54 Å². The molecule has 0 bridgehead atoms. The molecule has 3 aromatic rings. The largest absolute Gasteiger partial charge is 0.352 e. The van der Waals surface area contributed by atoms with E-state index in [9.17, 15) is 18.4 Å². The monoisotopic (exact) mass is 441 g/mol. The first-order chi connectivity index (χ1) is 14.9. The van der Waals surface area contributed by atoms with Gasteiger partial charge in [0.2, 0.25) is 5.91 Å². The molecule has 8 heteroatoms. The number of pyridine rings is 1. The Bertz CT molecular complexity index is 1130. The average molecular weight is 442 g/mol. The molecular formula is C23H21F2N3O2S. The lowest BCUT2D eigenvalue weighted by Crippen LogP contribution is -2.37. The number of nitrogens with zero attached hydrogens (tertiary/aromatic N) is 2. The number of carbonyl (C=O) groups excluding carboxylic acids is 2. The van der Waals surface area contributed by atoms with Crippen LogP contribution in [-0.2, 0) is 30.7 Å². The summed E-state index contributed by atoms with van der Waals surface area (Å²) < 4.78 is 27.6. The van der Waals surface area contributed by atoms with E-state index < -0.39 is 17.5 Å². The maximum Gasteiger partial charge on any atom is 0.257 e. The van der Waals surface area contributed by atoms with Crippen molar-refractivity contribution in [1.29, 1.82) is 0 Å². The third kappa shape index (κ3) is 4.49. The molecule has 1 aliphatic heterocycles. The number of hydrogen-bond acceptors (Lipinski definition) is 4. The van der Waals surface area contributed by atoms with Crippen LogP contribution in [0.25, 0.3) is 0 Å². The number of thiophene rings is 1. The Balaban J connectivity index is 1.48. The Morgan fingerprint density at radius 3 is 2.84 bits per heavy atom. The molecule has 0 spiro atoms. The van der Waals surface area contributed by atoms with Gasteiger partial charge >= 0.3 is 0 Å². The molecule has 1 aliphatic rings. The quantitative estimate of drug-likeness (QED) is 0.655. The van der Waals surface area contributed by atoms with Crippen molar-refractivity contribution in [3.05, 3.63) is 86.4 Å². The molecule has 0 aliphatic carbocycles. The predicted octanol–water partition coefficient (Wildman–Crippen LogP) is 3.79. The topological polar surface area (TPSA) is 62.3 Å². The van der Waals surface area contributed by atoms with E-state index in [2.05, 4.69) is 10.3 Å². The van der Waals surface area contributed by atoms with E-state index in [4.69, 9.17) is 0 Å². The summed E-state index contributed by atoms with van der Waals surface area (Å²) in [5, 5.41) is 4.90. The molecule has 160 valence electrons. The zero-order valence-electron chi connectivity index (χ0n) is 17.0. The smallest absolute Gasteiger partial charge is 0.257 e. The molecule has 0 atom stereocenters. The zero-order valence-corrected chi connectivity index (χ0v) is 17.8. The van der Waals surface area contributed by atoms with Crippen LogP contribution in [0.5, 0.6) is 0 Å². The molecule has 3 heterocycles. The number of halogens is 2. The summed E-state index contributed by atoms with van der Waals surface area (Å²) in [4.78, 5) is 31.9. The molecule has 5 nitrogen and oxygen atoms in total. The van der Waals surface area contributed by atoms with E-state index in [0.29, 0.717) is 25.9 Å². The lowest BCUT2D eigenvalue weighted by atomic mass is 9.94. The number of fused-ring (bicyclic) bond motifs is 1. The van der Waals surface area contributed by atoms with Crippen molar-refractivity contribution in [3.8, 4) is 0 Å². The van der Waals surface area contributed by atoms with Gasteiger partial charge in [0.1, 0.15) is 0 Å². The summed E-state index contributed by atoms with van der Waals surface area (Å²) in [5.74, 6) is -2.78. The van der Waals surface area contributed by atoms with Gasteiger partial charge in [-0.25, -0.2) is 8.78 Å². The Kier molecular flexibility index (Phi) is 6.08. The van der Waals surface area contributed by atoms with Crippen molar-refractivity contribution in [2.24, 2.45) is 0 Å². The van der Waals surface area contributed by atoms with E-state index in [-0.39, 0.29) is 18.0 Å². The number of aryl methyl sites for hydroxylation is 1. The van der Waals surface area contributed by atoms with Crippen LogP contribution in [0.1, 0.15) is 37.6 Å². The summed E-state index contributed by atoms with van der Waals surface area (Å²) in [5.41, 5.74) is 3.40. The zero-order chi connectivity index (χ0) is 22.0. The number of nitrogens with one attached hydrogen (secondary N) is 1. The molecule has 2 aromatic heterocycles. The van der Waals surface area contributed by atoms with Gasteiger partial charge in [-0.3, -0.25) is 14.6 Å². The Morgan fingerprint density at radius 2 is 2.06 bits per heavy atom. The minimum atomic E-state index is -1.13.